The molecule has 0 bridgehead atoms. The molecule has 0 aromatic heterocycles. The minimum Gasteiger partial charge on any atom is -0.504 e. The first-order valence-electron chi connectivity index (χ1n) is 7.24. The van der Waals surface area contributed by atoms with Gasteiger partial charge in [0.1, 0.15) is 0 Å². The fraction of sp³-hybridized carbons (Fsp3) is 0.176. The quantitative estimate of drug-likeness (QED) is 0.366. The Morgan fingerprint density at radius 2 is 2.08 bits per heavy atom. The Morgan fingerprint density at radius 1 is 1.38 bits per heavy atom. The Labute approximate surface area is 153 Å². The Hall–Kier alpha value is -2.13. The van der Waals surface area contributed by atoms with E-state index in [1.54, 1.807) is 42.5 Å². The molecule has 1 amide bonds. The summed E-state index contributed by atoms with van der Waals surface area (Å²) in [6.45, 7) is 2.24. The van der Waals surface area contributed by atoms with E-state index < -0.39 is 12.0 Å². The number of benzene rings is 2. The lowest BCUT2D eigenvalue weighted by Crippen LogP contribution is -2.25. The molecular formula is C17H17IN2O4. The second-order valence-electron chi connectivity index (χ2n) is 4.83. The number of phenolic OH excluding ortho intramolecular Hbond substituents is 1. The summed E-state index contributed by atoms with van der Waals surface area (Å²) in [4.78, 5) is 11.9. The number of hydrazone groups is 1. The van der Waals surface area contributed by atoms with E-state index in [4.69, 9.17) is 4.74 Å². The molecule has 0 spiro atoms. The lowest BCUT2D eigenvalue weighted by atomic mass is 10.1. The lowest BCUT2D eigenvalue weighted by molar-refractivity contribution is -0.129. The van der Waals surface area contributed by atoms with E-state index in [0.29, 0.717) is 27.1 Å². The van der Waals surface area contributed by atoms with Gasteiger partial charge in [-0.25, -0.2) is 5.43 Å². The number of ether oxygens (including phenoxy) is 1. The molecule has 126 valence electrons. The van der Waals surface area contributed by atoms with Crippen molar-refractivity contribution in [2.24, 2.45) is 5.10 Å². The minimum absolute atomic E-state index is 0.0677. The highest BCUT2D eigenvalue weighted by Gasteiger charge is 2.16. The van der Waals surface area contributed by atoms with Crippen LogP contribution in [0.2, 0.25) is 0 Å². The van der Waals surface area contributed by atoms with Gasteiger partial charge in [0, 0.05) is 0 Å². The van der Waals surface area contributed by atoms with E-state index in [0.717, 1.165) is 0 Å². The number of carbonyl (C=O) groups is 1. The predicted octanol–water partition coefficient (Wildman–Crippen LogP) is 2.58. The van der Waals surface area contributed by atoms with Crippen molar-refractivity contribution < 1.29 is 19.7 Å². The van der Waals surface area contributed by atoms with Crippen molar-refractivity contribution in [3.8, 4) is 11.5 Å². The number of hydrogen-bond donors (Lipinski definition) is 3. The first kappa shape index (κ1) is 18.2. The van der Waals surface area contributed by atoms with Crippen LogP contribution in [0.15, 0.2) is 47.6 Å². The number of nitrogens with zero attached hydrogens (tertiary/aromatic N) is 1. The van der Waals surface area contributed by atoms with Crippen LogP contribution in [0, 0.1) is 3.57 Å². The van der Waals surface area contributed by atoms with Crippen LogP contribution in [-0.2, 0) is 4.79 Å². The van der Waals surface area contributed by atoms with Crippen molar-refractivity contribution in [3.05, 3.63) is 57.2 Å². The molecule has 6 nitrogen and oxygen atoms in total. The fourth-order valence-corrected chi connectivity index (χ4v) is 2.58. The molecule has 1 atom stereocenters. The normalized spacial score (nSPS) is 12.1. The second kappa shape index (κ2) is 8.65. The number of amides is 1. The van der Waals surface area contributed by atoms with Crippen molar-refractivity contribution >= 4 is 34.7 Å². The third-order valence-electron chi connectivity index (χ3n) is 3.10. The molecule has 0 radical (unpaired) electrons. The minimum atomic E-state index is -1.29. The van der Waals surface area contributed by atoms with Gasteiger partial charge in [-0.05, 0) is 52.8 Å². The van der Waals surface area contributed by atoms with E-state index in [1.165, 1.54) is 6.21 Å². The van der Waals surface area contributed by atoms with Gasteiger partial charge < -0.3 is 14.9 Å². The molecule has 0 aliphatic carbocycles. The third kappa shape index (κ3) is 4.68. The topological polar surface area (TPSA) is 91.2 Å². The SMILES string of the molecule is CCOc1cc(C=NNC(=O)C(O)c2ccccc2)cc(I)c1O. The molecule has 2 aromatic carbocycles. The van der Waals surface area contributed by atoms with E-state index >= 15 is 0 Å². The van der Waals surface area contributed by atoms with Gasteiger partial charge in [0.05, 0.1) is 16.4 Å². The van der Waals surface area contributed by atoms with Crippen LogP contribution in [0.4, 0.5) is 0 Å². The number of hydrogen-bond acceptors (Lipinski definition) is 5. The zero-order valence-corrected chi connectivity index (χ0v) is 15.1. The number of nitrogens with one attached hydrogen (secondary N) is 1. The first-order chi connectivity index (χ1) is 11.5. The molecule has 24 heavy (non-hydrogen) atoms. The van der Waals surface area contributed by atoms with Gasteiger partial charge >= 0.3 is 0 Å². The summed E-state index contributed by atoms with van der Waals surface area (Å²) in [6, 6.07) is 11.9. The summed E-state index contributed by atoms with van der Waals surface area (Å²) in [7, 11) is 0. The van der Waals surface area contributed by atoms with Crippen LogP contribution in [0.25, 0.3) is 0 Å². The average molecular weight is 440 g/mol. The highest BCUT2D eigenvalue weighted by Crippen LogP contribution is 2.32. The molecule has 2 rings (SSSR count). The zero-order chi connectivity index (χ0) is 17.5. The maximum Gasteiger partial charge on any atom is 0.273 e. The first-order valence-corrected chi connectivity index (χ1v) is 8.32. The molecule has 0 saturated carbocycles. The van der Waals surface area contributed by atoms with E-state index in [1.807, 2.05) is 29.5 Å². The molecule has 3 N–H and O–H groups in total. The maximum atomic E-state index is 11.9. The molecule has 0 saturated heterocycles. The smallest absolute Gasteiger partial charge is 0.273 e. The van der Waals surface area contributed by atoms with Crippen LogP contribution < -0.4 is 10.2 Å². The van der Waals surface area contributed by atoms with Crippen molar-refractivity contribution in [2.75, 3.05) is 6.61 Å². The van der Waals surface area contributed by atoms with Crippen LogP contribution in [-0.4, -0.2) is 28.9 Å². The Balaban J connectivity index is 2.05. The van der Waals surface area contributed by atoms with E-state index in [2.05, 4.69) is 10.5 Å². The van der Waals surface area contributed by atoms with Gasteiger partial charge in [-0.2, -0.15) is 5.10 Å². The molecule has 7 heteroatoms. The van der Waals surface area contributed by atoms with Crippen LogP contribution in [0.3, 0.4) is 0 Å². The number of aromatic hydroxyl groups is 1. The highest BCUT2D eigenvalue weighted by atomic mass is 127. The van der Waals surface area contributed by atoms with Crippen LogP contribution in [0.5, 0.6) is 11.5 Å². The molecule has 0 heterocycles. The number of aliphatic hydroxyl groups excluding tert-OH is 1. The van der Waals surface area contributed by atoms with Crippen molar-refractivity contribution in [3.63, 3.8) is 0 Å². The zero-order valence-electron chi connectivity index (χ0n) is 12.9. The number of aliphatic hydroxyl groups is 1. The largest absolute Gasteiger partial charge is 0.504 e. The Bertz CT molecular complexity index is 735. The average Bonchev–Trinajstić information content (AvgIpc) is 2.59. The van der Waals surface area contributed by atoms with Gasteiger partial charge in [0.2, 0.25) is 0 Å². The molecular weight excluding hydrogens is 423 g/mol. The Kier molecular flexibility index (Phi) is 6.56. The number of rotatable bonds is 6. The van der Waals surface area contributed by atoms with E-state index in [9.17, 15) is 15.0 Å². The highest BCUT2D eigenvalue weighted by molar-refractivity contribution is 14.1. The molecule has 2 aromatic rings. The molecule has 0 aliphatic heterocycles. The van der Waals surface area contributed by atoms with Gasteiger partial charge in [0.15, 0.2) is 17.6 Å². The van der Waals surface area contributed by atoms with Crippen LogP contribution >= 0.6 is 22.6 Å². The van der Waals surface area contributed by atoms with Crippen LogP contribution in [0.1, 0.15) is 24.2 Å². The van der Waals surface area contributed by atoms with Gasteiger partial charge in [-0.3, -0.25) is 4.79 Å². The fourth-order valence-electron chi connectivity index (χ4n) is 1.95. The number of carbonyl (C=O) groups excluding carboxylic acids is 1. The van der Waals surface area contributed by atoms with Crippen molar-refractivity contribution in [2.45, 2.75) is 13.0 Å². The van der Waals surface area contributed by atoms with Gasteiger partial charge in [-0.15, -0.1) is 0 Å². The second-order valence-corrected chi connectivity index (χ2v) is 5.99. The number of phenols is 1. The third-order valence-corrected chi connectivity index (χ3v) is 3.92. The summed E-state index contributed by atoms with van der Waals surface area (Å²) in [5, 5.41) is 23.7. The maximum absolute atomic E-state index is 11.9. The predicted molar refractivity (Wildman–Crippen MR) is 99.1 cm³/mol. The van der Waals surface area contributed by atoms with Gasteiger partial charge in [0.25, 0.3) is 5.91 Å². The monoisotopic (exact) mass is 440 g/mol. The molecule has 0 fully saturated rings. The van der Waals surface area contributed by atoms with E-state index in [-0.39, 0.29) is 5.75 Å². The number of halogens is 1. The summed E-state index contributed by atoms with van der Waals surface area (Å²) in [5.74, 6) is -0.212. The summed E-state index contributed by atoms with van der Waals surface area (Å²) in [5.41, 5.74) is 3.43. The van der Waals surface area contributed by atoms with Crippen molar-refractivity contribution in [1.29, 1.82) is 0 Å². The molecule has 1 unspecified atom stereocenters. The summed E-state index contributed by atoms with van der Waals surface area (Å²) < 4.78 is 5.94. The Morgan fingerprint density at radius 3 is 2.75 bits per heavy atom. The van der Waals surface area contributed by atoms with Crippen molar-refractivity contribution in [1.82, 2.24) is 5.43 Å². The summed E-state index contributed by atoms with van der Waals surface area (Å²) >= 11 is 1.98. The lowest BCUT2D eigenvalue weighted by Gasteiger charge is -2.09. The molecule has 0 aliphatic rings. The standard InChI is InChI=1S/C17H17IN2O4/c1-2-24-14-9-11(8-13(18)16(14)22)10-19-20-17(23)15(21)12-6-4-3-5-7-12/h3-10,15,21-22H,2H2,1H3,(H,20,23). The van der Waals surface area contributed by atoms with Gasteiger partial charge in [-0.1, -0.05) is 30.3 Å². The summed E-state index contributed by atoms with van der Waals surface area (Å²) in [6.07, 6.45) is 0.127.